The van der Waals surface area contributed by atoms with E-state index in [0.717, 1.165) is 26.2 Å². The summed E-state index contributed by atoms with van der Waals surface area (Å²) in [6.45, 7) is 3.17. The molecule has 0 aromatic heterocycles. The van der Waals surface area contributed by atoms with E-state index in [-0.39, 0.29) is 30.6 Å². The van der Waals surface area contributed by atoms with Gasteiger partial charge < -0.3 is 10.4 Å². The summed E-state index contributed by atoms with van der Waals surface area (Å²) in [5.41, 5.74) is 0.114. The van der Waals surface area contributed by atoms with Crippen molar-refractivity contribution in [2.75, 3.05) is 32.8 Å². The van der Waals surface area contributed by atoms with Crippen LogP contribution in [-0.4, -0.2) is 42.8 Å². The predicted molar refractivity (Wildman–Crippen MR) is 84.8 cm³/mol. The molecule has 0 saturated carbocycles. The number of nitrogens with one attached hydrogen (secondary N) is 1. The zero-order valence-corrected chi connectivity index (χ0v) is 14.0. The van der Waals surface area contributed by atoms with Crippen LogP contribution in [-0.2, 0) is 0 Å². The van der Waals surface area contributed by atoms with Crippen molar-refractivity contribution in [3.8, 4) is 0 Å². The van der Waals surface area contributed by atoms with Gasteiger partial charge in [0.2, 0.25) is 0 Å². The summed E-state index contributed by atoms with van der Waals surface area (Å²) in [7, 11) is 0. The minimum Gasteiger partial charge on any atom is -0.396 e. The van der Waals surface area contributed by atoms with E-state index in [1.807, 2.05) is 0 Å². The minimum atomic E-state index is -0.529. The Morgan fingerprint density at radius 3 is 2.33 bits per heavy atom. The molecule has 1 aliphatic heterocycles. The Kier molecular flexibility index (Phi) is 8.05. The number of piperazine rings is 1. The number of hydrogen-bond acceptors (Lipinski definition) is 3. The molecular formula is C14H20BrClF2N2O. The standard InChI is InChI=1S/C14H19BrF2N2O.ClH/c15-10-8-11(16)14(12(17)9-10)13(2-1-7-20)19-5-3-18-4-6-19;/h8-9,13,18,20H,1-7H2;1H/t13-;/m1./s1. The van der Waals surface area contributed by atoms with E-state index in [9.17, 15) is 8.78 Å². The van der Waals surface area contributed by atoms with Gasteiger partial charge in [0, 0.05) is 48.9 Å². The predicted octanol–water partition coefficient (Wildman–Crippen LogP) is 2.87. The van der Waals surface area contributed by atoms with Crippen LogP contribution in [0, 0.1) is 11.6 Å². The molecule has 0 spiro atoms. The maximum absolute atomic E-state index is 14.2. The molecule has 120 valence electrons. The van der Waals surface area contributed by atoms with Gasteiger partial charge in [0.15, 0.2) is 0 Å². The van der Waals surface area contributed by atoms with Gasteiger partial charge in [0.1, 0.15) is 11.6 Å². The van der Waals surface area contributed by atoms with Crippen molar-refractivity contribution in [2.45, 2.75) is 18.9 Å². The minimum absolute atomic E-state index is 0. The highest BCUT2D eigenvalue weighted by molar-refractivity contribution is 9.10. The second kappa shape index (κ2) is 9.00. The average Bonchev–Trinajstić information content (AvgIpc) is 2.42. The number of halogens is 4. The number of aliphatic hydroxyl groups excluding tert-OH is 1. The molecule has 0 unspecified atom stereocenters. The third-order valence-electron chi connectivity index (χ3n) is 3.61. The molecule has 0 bridgehead atoms. The Bertz CT molecular complexity index is 436. The van der Waals surface area contributed by atoms with Crippen molar-refractivity contribution in [1.29, 1.82) is 0 Å². The maximum Gasteiger partial charge on any atom is 0.132 e. The largest absolute Gasteiger partial charge is 0.396 e. The monoisotopic (exact) mass is 384 g/mol. The highest BCUT2D eigenvalue weighted by Crippen LogP contribution is 2.32. The lowest BCUT2D eigenvalue weighted by atomic mass is 9.98. The molecule has 2 rings (SSSR count). The fourth-order valence-corrected chi connectivity index (χ4v) is 3.06. The van der Waals surface area contributed by atoms with E-state index < -0.39 is 11.6 Å². The quantitative estimate of drug-likeness (QED) is 0.818. The topological polar surface area (TPSA) is 35.5 Å². The molecule has 3 nitrogen and oxygen atoms in total. The van der Waals surface area contributed by atoms with Crippen LogP contribution in [0.4, 0.5) is 8.78 Å². The van der Waals surface area contributed by atoms with Gasteiger partial charge in [-0.3, -0.25) is 4.90 Å². The summed E-state index contributed by atoms with van der Waals surface area (Å²) in [4.78, 5) is 2.08. The number of rotatable bonds is 5. The Morgan fingerprint density at radius 1 is 1.24 bits per heavy atom. The zero-order valence-electron chi connectivity index (χ0n) is 11.6. The fourth-order valence-electron chi connectivity index (χ4n) is 2.66. The van der Waals surface area contributed by atoms with E-state index in [1.54, 1.807) is 0 Å². The van der Waals surface area contributed by atoms with Gasteiger partial charge in [-0.15, -0.1) is 12.4 Å². The summed E-state index contributed by atoms with van der Waals surface area (Å²) in [5, 5.41) is 12.2. The van der Waals surface area contributed by atoms with Crippen molar-refractivity contribution in [3.05, 3.63) is 33.8 Å². The van der Waals surface area contributed by atoms with Crippen LogP contribution in [0.3, 0.4) is 0 Å². The average molecular weight is 386 g/mol. The molecule has 0 radical (unpaired) electrons. The van der Waals surface area contributed by atoms with E-state index in [4.69, 9.17) is 5.11 Å². The summed E-state index contributed by atoms with van der Waals surface area (Å²) in [6.07, 6.45) is 1.08. The maximum atomic E-state index is 14.2. The molecule has 2 N–H and O–H groups in total. The smallest absolute Gasteiger partial charge is 0.132 e. The Balaban J connectivity index is 0.00000220. The van der Waals surface area contributed by atoms with Crippen molar-refractivity contribution in [3.63, 3.8) is 0 Å². The molecule has 1 aromatic carbocycles. The molecule has 0 aliphatic carbocycles. The van der Waals surface area contributed by atoms with E-state index in [0.29, 0.717) is 17.3 Å². The van der Waals surface area contributed by atoms with Crippen LogP contribution in [0.2, 0.25) is 0 Å². The Labute approximate surface area is 138 Å². The van der Waals surface area contributed by atoms with Gasteiger partial charge in [-0.05, 0) is 25.0 Å². The third kappa shape index (κ3) is 4.86. The van der Waals surface area contributed by atoms with Crippen molar-refractivity contribution >= 4 is 28.3 Å². The van der Waals surface area contributed by atoms with E-state index in [2.05, 4.69) is 26.1 Å². The number of hydrogen-bond donors (Lipinski definition) is 2. The van der Waals surface area contributed by atoms with E-state index in [1.165, 1.54) is 12.1 Å². The first-order valence-corrected chi connectivity index (χ1v) is 7.63. The van der Waals surface area contributed by atoms with Crippen LogP contribution in [0.15, 0.2) is 16.6 Å². The molecule has 1 aliphatic rings. The van der Waals surface area contributed by atoms with Gasteiger partial charge >= 0.3 is 0 Å². The lowest BCUT2D eigenvalue weighted by molar-refractivity contribution is 0.148. The molecular weight excluding hydrogens is 366 g/mol. The van der Waals surface area contributed by atoms with Crippen LogP contribution >= 0.6 is 28.3 Å². The SMILES string of the molecule is Cl.OCCC[C@H](c1c(F)cc(Br)cc1F)N1CCNCC1. The Morgan fingerprint density at radius 2 is 1.81 bits per heavy atom. The highest BCUT2D eigenvalue weighted by Gasteiger charge is 2.27. The summed E-state index contributed by atoms with van der Waals surface area (Å²) in [6, 6.07) is 2.27. The third-order valence-corrected chi connectivity index (χ3v) is 4.06. The van der Waals surface area contributed by atoms with Crippen LogP contribution in [0.5, 0.6) is 0 Å². The van der Waals surface area contributed by atoms with Gasteiger partial charge in [-0.1, -0.05) is 15.9 Å². The van der Waals surface area contributed by atoms with Gasteiger partial charge in [-0.2, -0.15) is 0 Å². The molecule has 1 atom stereocenters. The number of nitrogens with zero attached hydrogens (tertiary/aromatic N) is 1. The van der Waals surface area contributed by atoms with Gasteiger partial charge in [0.05, 0.1) is 0 Å². The molecule has 21 heavy (non-hydrogen) atoms. The van der Waals surface area contributed by atoms with Gasteiger partial charge in [-0.25, -0.2) is 8.78 Å². The number of benzene rings is 1. The lowest BCUT2D eigenvalue weighted by Gasteiger charge is -2.35. The summed E-state index contributed by atoms with van der Waals surface area (Å²) < 4.78 is 28.7. The van der Waals surface area contributed by atoms with Crippen molar-refractivity contribution in [1.82, 2.24) is 10.2 Å². The second-order valence-corrected chi connectivity index (χ2v) is 5.87. The molecule has 1 saturated heterocycles. The van der Waals surface area contributed by atoms with Gasteiger partial charge in [0.25, 0.3) is 0 Å². The van der Waals surface area contributed by atoms with Crippen LogP contribution in [0.25, 0.3) is 0 Å². The van der Waals surface area contributed by atoms with Crippen molar-refractivity contribution in [2.24, 2.45) is 0 Å². The molecule has 0 amide bonds. The van der Waals surface area contributed by atoms with E-state index >= 15 is 0 Å². The van der Waals surface area contributed by atoms with Crippen LogP contribution < -0.4 is 5.32 Å². The fraction of sp³-hybridized carbons (Fsp3) is 0.571. The second-order valence-electron chi connectivity index (χ2n) is 4.95. The normalized spacial score (nSPS) is 17.3. The zero-order chi connectivity index (χ0) is 14.5. The Hall–Kier alpha value is -0.270. The molecule has 7 heteroatoms. The highest BCUT2D eigenvalue weighted by atomic mass is 79.9. The molecule has 1 aromatic rings. The first-order chi connectivity index (χ1) is 9.63. The number of aliphatic hydroxyl groups is 1. The van der Waals surface area contributed by atoms with Crippen molar-refractivity contribution < 1.29 is 13.9 Å². The first-order valence-electron chi connectivity index (χ1n) is 6.83. The lowest BCUT2D eigenvalue weighted by Crippen LogP contribution is -2.45. The summed E-state index contributed by atoms with van der Waals surface area (Å²) in [5.74, 6) is -1.06. The first kappa shape index (κ1) is 18.8. The molecule has 1 fully saturated rings. The molecule has 1 heterocycles. The van der Waals surface area contributed by atoms with Crippen LogP contribution in [0.1, 0.15) is 24.4 Å². The summed E-state index contributed by atoms with van der Waals surface area (Å²) >= 11 is 3.10.